The maximum absolute atomic E-state index is 13.1. The highest BCUT2D eigenvalue weighted by Crippen LogP contribution is 2.25. The minimum Gasteiger partial charge on any atom is -0.369 e. The SMILES string of the molecule is C=C/C(=C\C=C\F)N1\C(CCCCC(O)O)=N/C(C)=C/C(c2cc(COCc3ccc(F)cc3)on2)=C\C=C(/C)C1O. The molecule has 0 spiro atoms. The largest absolute Gasteiger partial charge is 0.369 e. The van der Waals surface area contributed by atoms with Crippen LogP contribution in [-0.2, 0) is 18.0 Å². The van der Waals surface area contributed by atoms with Gasteiger partial charge in [-0.15, -0.1) is 0 Å². The smallest absolute Gasteiger partial charge is 0.163 e. The third kappa shape index (κ3) is 9.85. The molecule has 1 aliphatic rings. The number of aromatic nitrogens is 1. The van der Waals surface area contributed by atoms with Crippen LogP contribution in [0, 0.1) is 5.82 Å². The molecule has 3 rings (SSSR count). The van der Waals surface area contributed by atoms with Crippen molar-refractivity contribution in [2.75, 3.05) is 0 Å². The fourth-order valence-electron chi connectivity index (χ4n) is 4.20. The molecule has 0 amide bonds. The molecule has 0 aliphatic carbocycles. The summed E-state index contributed by atoms with van der Waals surface area (Å²) < 4.78 is 37.2. The Labute approximate surface area is 244 Å². The molecule has 1 unspecified atom stereocenters. The van der Waals surface area contributed by atoms with Gasteiger partial charge in [0.2, 0.25) is 0 Å². The number of hydrogen-bond donors (Lipinski definition) is 3. The predicted molar refractivity (Wildman–Crippen MR) is 157 cm³/mol. The van der Waals surface area contributed by atoms with Crippen LogP contribution in [0.2, 0.25) is 0 Å². The van der Waals surface area contributed by atoms with E-state index >= 15 is 0 Å². The Kier molecular flexibility index (Phi) is 12.8. The molecular formula is C32H37F2N3O5. The van der Waals surface area contributed by atoms with E-state index < -0.39 is 12.5 Å². The number of unbranched alkanes of at least 4 members (excludes halogenated alkanes) is 1. The zero-order valence-corrected chi connectivity index (χ0v) is 23.8. The monoisotopic (exact) mass is 581 g/mol. The normalized spacial score (nSPS) is 21.8. The average Bonchev–Trinajstić information content (AvgIpc) is 3.44. The lowest BCUT2D eigenvalue weighted by atomic mass is 10.1. The van der Waals surface area contributed by atoms with Gasteiger partial charge >= 0.3 is 0 Å². The summed E-state index contributed by atoms with van der Waals surface area (Å²) in [5, 5.41) is 34.1. The number of allylic oxidation sites excluding steroid dienone is 8. The van der Waals surface area contributed by atoms with Crippen molar-refractivity contribution >= 4 is 11.4 Å². The third-order valence-corrected chi connectivity index (χ3v) is 6.35. The molecule has 8 nitrogen and oxygen atoms in total. The highest BCUT2D eigenvalue weighted by Gasteiger charge is 2.24. The standard InChI is InChI=1S/C32H37F2N3O5/c1-4-27(8-7-17-33)37-30(9-5-6-10-31(38)39)35-23(3)18-25(14-11-22(2)32(37)40)29-19-28(42-36-29)21-41-20-24-12-15-26(34)16-13-24/h4,7-8,11-19,31-32,38-40H,1,5-6,9-10,20-21H2,2-3H3/b17-7+,22-11+,23-18+,25-14+,27-8+,35-30-. The zero-order valence-electron chi connectivity index (χ0n) is 23.8. The van der Waals surface area contributed by atoms with E-state index in [4.69, 9.17) is 14.3 Å². The van der Waals surface area contributed by atoms with E-state index in [1.165, 1.54) is 30.4 Å². The van der Waals surface area contributed by atoms with Crippen molar-refractivity contribution in [2.45, 2.75) is 65.3 Å². The highest BCUT2D eigenvalue weighted by atomic mass is 19.1. The summed E-state index contributed by atoms with van der Waals surface area (Å²) >= 11 is 0. The van der Waals surface area contributed by atoms with E-state index in [1.807, 2.05) is 6.08 Å². The molecule has 3 N–H and O–H groups in total. The summed E-state index contributed by atoms with van der Waals surface area (Å²) in [5.41, 5.74) is 3.66. The summed E-state index contributed by atoms with van der Waals surface area (Å²) in [4.78, 5) is 6.38. The minimum atomic E-state index is -1.41. The molecule has 0 radical (unpaired) electrons. The first kappa shape index (κ1) is 32.6. The number of nitrogens with zero attached hydrogens (tertiary/aromatic N) is 3. The average molecular weight is 582 g/mol. The van der Waals surface area contributed by atoms with Crippen molar-refractivity contribution in [2.24, 2.45) is 4.99 Å². The van der Waals surface area contributed by atoms with Crippen LogP contribution < -0.4 is 0 Å². The van der Waals surface area contributed by atoms with Crippen LogP contribution in [0.25, 0.3) is 5.57 Å². The van der Waals surface area contributed by atoms with E-state index in [2.05, 4.69) is 11.7 Å². The molecule has 2 aromatic rings. The quantitative estimate of drug-likeness (QED) is 0.146. The van der Waals surface area contributed by atoms with E-state index in [-0.39, 0.29) is 25.5 Å². The molecule has 1 aliphatic heterocycles. The van der Waals surface area contributed by atoms with Crippen LogP contribution in [-0.4, -0.2) is 43.7 Å². The summed E-state index contributed by atoms with van der Waals surface area (Å²) in [6.07, 6.45) is 9.08. The number of aliphatic hydroxyl groups excluding tert-OH is 2. The Morgan fingerprint density at radius 1 is 1.17 bits per heavy atom. The summed E-state index contributed by atoms with van der Waals surface area (Å²) in [6.45, 7) is 7.83. The Balaban J connectivity index is 1.89. The first-order valence-electron chi connectivity index (χ1n) is 13.6. The van der Waals surface area contributed by atoms with Gasteiger partial charge in [-0.05, 0) is 80.7 Å². The number of ether oxygens (including phenoxy) is 1. The van der Waals surface area contributed by atoms with Gasteiger partial charge in [0.15, 0.2) is 18.3 Å². The van der Waals surface area contributed by atoms with Crippen molar-refractivity contribution in [1.29, 1.82) is 0 Å². The summed E-state index contributed by atoms with van der Waals surface area (Å²) in [5.74, 6) is 0.682. The van der Waals surface area contributed by atoms with Gasteiger partial charge in [0, 0.05) is 29.5 Å². The molecular weight excluding hydrogens is 544 g/mol. The van der Waals surface area contributed by atoms with Gasteiger partial charge in [-0.3, -0.25) is 4.90 Å². The fraction of sp³-hybridized carbons (Fsp3) is 0.312. The van der Waals surface area contributed by atoms with Crippen LogP contribution in [0.1, 0.15) is 56.5 Å². The van der Waals surface area contributed by atoms with Gasteiger partial charge < -0.3 is 24.6 Å². The van der Waals surface area contributed by atoms with E-state index in [1.54, 1.807) is 49.1 Å². The van der Waals surface area contributed by atoms with Gasteiger partial charge in [-0.1, -0.05) is 36.0 Å². The lowest BCUT2D eigenvalue weighted by Crippen LogP contribution is -2.40. The molecule has 1 aromatic carbocycles. The van der Waals surface area contributed by atoms with E-state index in [9.17, 15) is 24.1 Å². The first-order valence-corrected chi connectivity index (χ1v) is 13.6. The Morgan fingerprint density at radius 3 is 2.62 bits per heavy atom. The zero-order chi connectivity index (χ0) is 30.5. The number of halogens is 2. The number of rotatable bonds is 13. The second kappa shape index (κ2) is 16.5. The molecule has 0 saturated carbocycles. The van der Waals surface area contributed by atoms with Crippen molar-refractivity contribution in [1.82, 2.24) is 10.1 Å². The summed E-state index contributed by atoms with van der Waals surface area (Å²) in [7, 11) is 0. The van der Waals surface area contributed by atoms with Crippen molar-refractivity contribution in [3.8, 4) is 0 Å². The second-order valence-corrected chi connectivity index (χ2v) is 9.73. The van der Waals surface area contributed by atoms with Crippen molar-refractivity contribution < 1.29 is 33.4 Å². The topological polar surface area (TPSA) is 112 Å². The Bertz CT molecular complexity index is 1370. The Hall–Kier alpha value is -3.96. The molecule has 0 saturated heterocycles. The van der Waals surface area contributed by atoms with Gasteiger partial charge in [-0.2, -0.15) is 0 Å². The van der Waals surface area contributed by atoms with Crippen LogP contribution in [0.5, 0.6) is 0 Å². The van der Waals surface area contributed by atoms with Crippen LogP contribution in [0.3, 0.4) is 0 Å². The van der Waals surface area contributed by atoms with Crippen LogP contribution in [0.15, 0.2) is 106 Å². The molecule has 42 heavy (non-hydrogen) atoms. The molecule has 10 heteroatoms. The summed E-state index contributed by atoms with van der Waals surface area (Å²) in [6, 6.07) is 7.81. The number of amidine groups is 1. The molecule has 2 heterocycles. The highest BCUT2D eigenvalue weighted by molar-refractivity contribution is 5.86. The van der Waals surface area contributed by atoms with Gasteiger partial charge in [0.25, 0.3) is 0 Å². The van der Waals surface area contributed by atoms with Gasteiger partial charge in [-0.25, -0.2) is 13.8 Å². The molecule has 224 valence electrons. The van der Waals surface area contributed by atoms with Crippen LogP contribution >= 0.6 is 0 Å². The minimum absolute atomic E-state index is 0.164. The molecule has 1 atom stereocenters. The molecule has 0 bridgehead atoms. The fourth-order valence-corrected chi connectivity index (χ4v) is 4.20. The van der Waals surface area contributed by atoms with Crippen molar-refractivity contribution in [3.05, 3.63) is 119 Å². The predicted octanol–water partition coefficient (Wildman–Crippen LogP) is 6.22. The maximum Gasteiger partial charge on any atom is 0.163 e. The Morgan fingerprint density at radius 2 is 1.93 bits per heavy atom. The second-order valence-electron chi connectivity index (χ2n) is 9.73. The molecule has 1 aromatic heterocycles. The molecule has 0 fully saturated rings. The number of aliphatic hydroxyl groups is 3. The van der Waals surface area contributed by atoms with Gasteiger partial charge in [0.05, 0.1) is 12.9 Å². The third-order valence-electron chi connectivity index (χ3n) is 6.35. The van der Waals surface area contributed by atoms with Gasteiger partial charge in [0.1, 0.15) is 24.0 Å². The number of benzene rings is 1. The number of hydrogen-bond acceptors (Lipinski definition) is 8. The van der Waals surface area contributed by atoms with Crippen LogP contribution in [0.4, 0.5) is 8.78 Å². The van der Waals surface area contributed by atoms with E-state index in [0.29, 0.717) is 65.4 Å². The maximum atomic E-state index is 13.1. The number of aliphatic imine (C=N–C) groups is 1. The van der Waals surface area contributed by atoms with Crippen molar-refractivity contribution in [3.63, 3.8) is 0 Å². The lowest BCUT2D eigenvalue weighted by Gasteiger charge is -2.33. The first-order chi connectivity index (χ1) is 20.2. The lowest BCUT2D eigenvalue weighted by molar-refractivity contribution is -0.0464. The van der Waals surface area contributed by atoms with E-state index in [0.717, 1.165) is 5.56 Å².